The van der Waals surface area contributed by atoms with Gasteiger partial charge in [-0.15, -0.1) is 0 Å². The van der Waals surface area contributed by atoms with Gasteiger partial charge in [0.2, 0.25) is 0 Å². The van der Waals surface area contributed by atoms with Crippen molar-refractivity contribution in [2.75, 3.05) is 24.7 Å². The van der Waals surface area contributed by atoms with E-state index in [-0.39, 0.29) is 11.3 Å². The van der Waals surface area contributed by atoms with Crippen molar-refractivity contribution in [3.8, 4) is 23.0 Å². The number of carbonyl (C=O) groups excluding carboxylic acids is 2. The Morgan fingerprint density at radius 3 is 2.53 bits per heavy atom. The minimum absolute atomic E-state index is 0.0638. The van der Waals surface area contributed by atoms with E-state index in [1.165, 1.54) is 16.2 Å². The van der Waals surface area contributed by atoms with Crippen LogP contribution in [0.1, 0.15) is 29.7 Å². The zero-order valence-electron chi connectivity index (χ0n) is 24.3. The van der Waals surface area contributed by atoms with Crippen LogP contribution in [0.3, 0.4) is 0 Å². The number of Topliss-reactive ketones (excluding diaryl/α,β-unsaturated/α-hetero) is 1. The van der Waals surface area contributed by atoms with Crippen LogP contribution in [0, 0.1) is 0 Å². The Bertz CT molecular complexity index is 1950. The molecule has 0 saturated carbocycles. The Balaban J connectivity index is 1.34. The number of benzene rings is 4. The number of rotatable bonds is 8. The number of hydrogen-bond acceptors (Lipinski definition) is 9. The van der Waals surface area contributed by atoms with Gasteiger partial charge in [0.1, 0.15) is 37.1 Å². The summed E-state index contributed by atoms with van der Waals surface area (Å²) in [4.78, 5) is 33.7. The first kappa shape index (κ1) is 28.4. The van der Waals surface area contributed by atoms with Gasteiger partial charge in [-0.05, 0) is 66.6 Å². The summed E-state index contributed by atoms with van der Waals surface area (Å²) in [7, 11) is 0. The van der Waals surface area contributed by atoms with Crippen molar-refractivity contribution >= 4 is 44.1 Å². The van der Waals surface area contributed by atoms with E-state index in [1.807, 2.05) is 61.5 Å². The highest BCUT2D eigenvalue weighted by atomic mass is 32.1. The summed E-state index contributed by atoms with van der Waals surface area (Å²) in [5.41, 5.74) is 2.49. The summed E-state index contributed by atoms with van der Waals surface area (Å²) in [5, 5.41) is 12.0. The number of hydrogen-bond donors (Lipinski definition) is 1. The first-order valence-electron chi connectivity index (χ1n) is 14.5. The number of ether oxygens (including phenoxy) is 4. The van der Waals surface area contributed by atoms with Crippen molar-refractivity contribution in [3.05, 3.63) is 113 Å². The van der Waals surface area contributed by atoms with Crippen molar-refractivity contribution in [1.82, 2.24) is 4.98 Å². The number of amides is 1. The lowest BCUT2D eigenvalue weighted by Crippen LogP contribution is -2.29. The molecule has 2 aliphatic heterocycles. The molecular weight excluding hydrogens is 592 g/mol. The van der Waals surface area contributed by atoms with E-state index in [2.05, 4.69) is 0 Å². The highest BCUT2D eigenvalue weighted by Gasteiger charge is 2.48. The number of thiazole rings is 1. The molecule has 1 fully saturated rings. The molecule has 226 valence electrons. The van der Waals surface area contributed by atoms with E-state index in [0.29, 0.717) is 71.2 Å². The topological polar surface area (TPSA) is 107 Å². The van der Waals surface area contributed by atoms with E-state index < -0.39 is 17.7 Å². The van der Waals surface area contributed by atoms with Gasteiger partial charge in [0.25, 0.3) is 5.78 Å². The minimum Gasteiger partial charge on any atom is -0.507 e. The largest absolute Gasteiger partial charge is 0.507 e. The average Bonchev–Trinajstić information content (AvgIpc) is 3.61. The standard InChI is InChI=1S/C35H28N2O7S/c1-2-41-25-12-13-26-29(19-25)45-35(36-26)37-31(22-9-6-10-24(17-22)44-20-21-7-4-3-5-8-21)30(33(39)34(37)40)32(38)23-11-14-27-28(18-23)43-16-15-42-27/h3-14,17-19,31,38H,2,15-16,20H2,1H3/b32-30+. The van der Waals surface area contributed by atoms with Crippen LogP contribution in [-0.2, 0) is 16.2 Å². The Hall–Kier alpha value is -5.35. The number of ketones is 1. The van der Waals surface area contributed by atoms with E-state index in [1.54, 1.807) is 36.4 Å². The number of aromatic nitrogens is 1. The van der Waals surface area contributed by atoms with Gasteiger partial charge in [0.05, 0.1) is 28.4 Å². The van der Waals surface area contributed by atoms with Gasteiger partial charge in [-0.1, -0.05) is 53.8 Å². The SMILES string of the molecule is CCOc1ccc2nc(N3C(=O)C(=O)/C(=C(/O)c4ccc5c(c4)OCCO5)C3c3cccc(OCc4ccccc4)c3)sc2c1. The van der Waals surface area contributed by atoms with Crippen LogP contribution < -0.4 is 23.8 Å². The van der Waals surface area contributed by atoms with Crippen molar-refractivity contribution in [2.24, 2.45) is 0 Å². The second kappa shape index (κ2) is 12.0. The summed E-state index contributed by atoms with van der Waals surface area (Å²) in [6.45, 7) is 3.53. The molecule has 3 heterocycles. The summed E-state index contributed by atoms with van der Waals surface area (Å²) >= 11 is 1.27. The Morgan fingerprint density at radius 1 is 0.911 bits per heavy atom. The fourth-order valence-corrected chi connectivity index (χ4v) is 6.48. The molecule has 0 aliphatic carbocycles. The number of nitrogens with zero attached hydrogens (tertiary/aromatic N) is 2. The van der Waals surface area contributed by atoms with Crippen LogP contribution in [0.5, 0.6) is 23.0 Å². The zero-order chi connectivity index (χ0) is 30.9. The first-order chi connectivity index (χ1) is 22.0. The second-order valence-electron chi connectivity index (χ2n) is 10.4. The molecule has 0 spiro atoms. The molecule has 5 aromatic rings. The maximum atomic E-state index is 13.8. The molecule has 1 amide bonds. The fourth-order valence-electron chi connectivity index (χ4n) is 5.46. The number of aliphatic hydroxyl groups is 1. The maximum Gasteiger partial charge on any atom is 0.301 e. The predicted octanol–water partition coefficient (Wildman–Crippen LogP) is 6.67. The molecule has 1 unspecified atom stereocenters. The molecule has 1 atom stereocenters. The minimum atomic E-state index is -0.981. The van der Waals surface area contributed by atoms with Crippen molar-refractivity contribution in [1.29, 1.82) is 0 Å². The van der Waals surface area contributed by atoms with Gasteiger partial charge in [-0.2, -0.15) is 0 Å². The maximum absolute atomic E-state index is 13.8. The summed E-state index contributed by atoms with van der Waals surface area (Å²) in [6.07, 6.45) is 0. The molecule has 7 rings (SSSR count). The Morgan fingerprint density at radius 2 is 1.71 bits per heavy atom. The van der Waals surface area contributed by atoms with Crippen molar-refractivity contribution in [2.45, 2.75) is 19.6 Å². The molecule has 2 aliphatic rings. The number of anilines is 1. The monoisotopic (exact) mass is 620 g/mol. The van der Waals surface area contributed by atoms with Gasteiger partial charge in [0, 0.05) is 5.56 Å². The summed E-state index contributed by atoms with van der Waals surface area (Å²) in [5.74, 6) is 0.277. The van der Waals surface area contributed by atoms with Crippen LogP contribution in [0.25, 0.3) is 16.0 Å². The van der Waals surface area contributed by atoms with Crippen LogP contribution in [0.4, 0.5) is 5.13 Å². The lowest BCUT2D eigenvalue weighted by molar-refractivity contribution is -0.132. The van der Waals surface area contributed by atoms with Gasteiger partial charge < -0.3 is 24.1 Å². The lowest BCUT2D eigenvalue weighted by Gasteiger charge is -2.24. The zero-order valence-corrected chi connectivity index (χ0v) is 25.1. The van der Waals surface area contributed by atoms with E-state index in [9.17, 15) is 14.7 Å². The molecule has 0 radical (unpaired) electrons. The van der Waals surface area contributed by atoms with Gasteiger partial charge >= 0.3 is 5.91 Å². The van der Waals surface area contributed by atoms with Gasteiger partial charge in [-0.3, -0.25) is 14.5 Å². The van der Waals surface area contributed by atoms with Gasteiger partial charge in [0.15, 0.2) is 16.6 Å². The summed E-state index contributed by atoms with van der Waals surface area (Å²) in [6, 6.07) is 26.4. The third-order valence-electron chi connectivity index (χ3n) is 7.55. The normalized spacial score (nSPS) is 17.1. The Labute approximate surface area is 262 Å². The van der Waals surface area contributed by atoms with Gasteiger partial charge in [-0.25, -0.2) is 4.98 Å². The quantitative estimate of drug-likeness (QED) is 0.116. The molecule has 9 nitrogen and oxygen atoms in total. The van der Waals surface area contributed by atoms with Crippen LogP contribution in [0.15, 0.2) is 96.6 Å². The van der Waals surface area contributed by atoms with Crippen LogP contribution >= 0.6 is 11.3 Å². The average molecular weight is 621 g/mol. The second-order valence-corrected chi connectivity index (χ2v) is 11.4. The molecule has 4 aromatic carbocycles. The molecule has 1 saturated heterocycles. The molecule has 10 heteroatoms. The molecule has 0 bridgehead atoms. The lowest BCUT2D eigenvalue weighted by atomic mass is 9.95. The van der Waals surface area contributed by atoms with Crippen LogP contribution in [-0.4, -0.2) is 41.6 Å². The number of fused-ring (bicyclic) bond motifs is 2. The smallest absolute Gasteiger partial charge is 0.301 e. The highest BCUT2D eigenvalue weighted by Crippen LogP contribution is 2.46. The molecule has 1 N–H and O–H groups in total. The third-order valence-corrected chi connectivity index (χ3v) is 8.57. The van der Waals surface area contributed by atoms with Crippen molar-refractivity contribution < 1.29 is 33.6 Å². The fraction of sp³-hybridized carbons (Fsp3) is 0.171. The highest BCUT2D eigenvalue weighted by molar-refractivity contribution is 7.22. The predicted molar refractivity (Wildman–Crippen MR) is 170 cm³/mol. The van der Waals surface area contributed by atoms with E-state index in [4.69, 9.17) is 23.9 Å². The van der Waals surface area contributed by atoms with E-state index in [0.717, 1.165) is 10.3 Å². The molecular formula is C35H28N2O7S. The van der Waals surface area contributed by atoms with Crippen molar-refractivity contribution in [3.63, 3.8) is 0 Å². The summed E-state index contributed by atoms with van der Waals surface area (Å²) < 4.78 is 23.9. The third kappa shape index (κ3) is 5.44. The first-order valence-corrected chi connectivity index (χ1v) is 15.3. The molecule has 1 aromatic heterocycles. The Kier molecular flexibility index (Phi) is 7.56. The van der Waals surface area contributed by atoms with Crippen LogP contribution in [0.2, 0.25) is 0 Å². The number of carbonyl (C=O) groups is 2. The van der Waals surface area contributed by atoms with E-state index >= 15 is 0 Å². The number of aliphatic hydroxyl groups excluding tert-OH is 1. The molecule has 45 heavy (non-hydrogen) atoms.